The van der Waals surface area contributed by atoms with Crippen LogP contribution >= 0.6 is 35.4 Å². The summed E-state index contributed by atoms with van der Waals surface area (Å²) in [5.41, 5.74) is 6.30. The van der Waals surface area contributed by atoms with Crippen molar-refractivity contribution >= 4 is 40.4 Å². The highest BCUT2D eigenvalue weighted by molar-refractivity contribution is 7.80. The minimum Gasteiger partial charge on any atom is -0.456 e. The molecule has 0 aliphatic carbocycles. The summed E-state index contributed by atoms with van der Waals surface area (Å²) in [6.07, 6.45) is 0. The van der Waals surface area contributed by atoms with Gasteiger partial charge in [-0.05, 0) is 36.4 Å². The molecule has 0 saturated carbocycles. The summed E-state index contributed by atoms with van der Waals surface area (Å²) >= 11 is 16.8. The largest absolute Gasteiger partial charge is 0.456 e. The number of thiocarbonyl (C=S) groups is 1. The Kier molecular flexibility index (Phi) is 4.07. The molecular formula is C13H9Cl2NOS. The van der Waals surface area contributed by atoms with Crippen LogP contribution in [0.25, 0.3) is 0 Å². The summed E-state index contributed by atoms with van der Waals surface area (Å²) in [5.74, 6) is 1.14. The lowest BCUT2D eigenvalue weighted by Gasteiger charge is -2.08. The van der Waals surface area contributed by atoms with E-state index in [1.54, 1.807) is 42.5 Å². The Hall–Kier alpha value is -1.29. The van der Waals surface area contributed by atoms with E-state index in [9.17, 15) is 0 Å². The average molecular weight is 298 g/mol. The summed E-state index contributed by atoms with van der Waals surface area (Å²) in [7, 11) is 0. The molecule has 92 valence electrons. The van der Waals surface area contributed by atoms with E-state index >= 15 is 0 Å². The maximum absolute atomic E-state index is 6.03. The van der Waals surface area contributed by atoms with E-state index in [1.165, 1.54) is 0 Å². The molecule has 0 spiro atoms. The molecule has 0 fully saturated rings. The van der Waals surface area contributed by atoms with Crippen molar-refractivity contribution in [3.05, 3.63) is 58.1 Å². The number of hydrogen-bond acceptors (Lipinski definition) is 2. The van der Waals surface area contributed by atoms with Gasteiger partial charge < -0.3 is 10.5 Å². The van der Waals surface area contributed by atoms with E-state index in [4.69, 9.17) is 45.9 Å². The van der Waals surface area contributed by atoms with Crippen molar-refractivity contribution in [2.45, 2.75) is 0 Å². The molecule has 0 aliphatic rings. The Labute approximate surface area is 120 Å². The Morgan fingerprint density at radius 1 is 1.06 bits per heavy atom. The maximum Gasteiger partial charge on any atom is 0.147 e. The quantitative estimate of drug-likeness (QED) is 0.852. The molecule has 2 N–H and O–H groups in total. The van der Waals surface area contributed by atoms with Crippen LogP contribution in [0.3, 0.4) is 0 Å². The number of benzene rings is 2. The average Bonchev–Trinajstić information content (AvgIpc) is 2.36. The van der Waals surface area contributed by atoms with Crippen LogP contribution in [0, 0.1) is 0 Å². The van der Waals surface area contributed by atoms with Crippen LogP contribution in [0.15, 0.2) is 42.5 Å². The van der Waals surface area contributed by atoms with Crippen molar-refractivity contribution in [1.82, 2.24) is 0 Å². The molecule has 0 bridgehead atoms. The molecule has 0 atom stereocenters. The second-order valence-electron chi connectivity index (χ2n) is 3.54. The van der Waals surface area contributed by atoms with Crippen molar-refractivity contribution in [1.29, 1.82) is 0 Å². The Balaban J connectivity index is 2.24. The third-order valence-electron chi connectivity index (χ3n) is 2.28. The van der Waals surface area contributed by atoms with Gasteiger partial charge in [-0.2, -0.15) is 0 Å². The van der Waals surface area contributed by atoms with Crippen molar-refractivity contribution in [2.75, 3.05) is 0 Å². The lowest BCUT2D eigenvalue weighted by Crippen LogP contribution is -2.08. The van der Waals surface area contributed by atoms with Crippen LogP contribution in [0.2, 0.25) is 10.0 Å². The van der Waals surface area contributed by atoms with Crippen LogP contribution in [0.1, 0.15) is 5.56 Å². The molecule has 2 aromatic carbocycles. The van der Waals surface area contributed by atoms with E-state index in [-0.39, 0.29) is 0 Å². The zero-order chi connectivity index (χ0) is 13.1. The zero-order valence-electron chi connectivity index (χ0n) is 9.19. The fraction of sp³-hybridized carbons (Fsp3) is 0. The summed E-state index contributed by atoms with van der Waals surface area (Å²) in [6, 6.07) is 12.3. The van der Waals surface area contributed by atoms with Gasteiger partial charge in [0.2, 0.25) is 0 Å². The molecule has 0 radical (unpaired) electrons. The monoisotopic (exact) mass is 297 g/mol. The molecule has 0 unspecified atom stereocenters. The molecule has 2 aromatic rings. The van der Waals surface area contributed by atoms with Gasteiger partial charge in [0.15, 0.2) is 0 Å². The molecule has 0 heterocycles. The number of halogens is 2. The minimum atomic E-state index is 0.349. The standard InChI is InChI=1S/C13H9Cl2NOS/c14-10-2-1-3-11(12(10)15)17-9-6-4-8(5-7-9)13(16)18/h1-7H,(H2,16,18). The molecule has 5 heteroatoms. The van der Waals surface area contributed by atoms with E-state index in [0.717, 1.165) is 5.56 Å². The van der Waals surface area contributed by atoms with Crippen LogP contribution in [0.4, 0.5) is 0 Å². The first-order valence-electron chi connectivity index (χ1n) is 5.09. The summed E-state index contributed by atoms with van der Waals surface area (Å²) in [4.78, 5) is 0.349. The molecule has 0 saturated heterocycles. The lowest BCUT2D eigenvalue weighted by molar-refractivity contribution is 0.483. The maximum atomic E-state index is 6.03. The van der Waals surface area contributed by atoms with Gasteiger partial charge in [0.05, 0.1) is 5.02 Å². The van der Waals surface area contributed by atoms with E-state index in [0.29, 0.717) is 26.5 Å². The minimum absolute atomic E-state index is 0.349. The van der Waals surface area contributed by atoms with Crippen molar-refractivity contribution in [2.24, 2.45) is 5.73 Å². The molecule has 2 rings (SSSR count). The predicted molar refractivity (Wildman–Crippen MR) is 78.9 cm³/mol. The first-order chi connectivity index (χ1) is 8.58. The van der Waals surface area contributed by atoms with E-state index < -0.39 is 0 Å². The van der Waals surface area contributed by atoms with Gasteiger partial charge in [0.1, 0.15) is 21.5 Å². The smallest absolute Gasteiger partial charge is 0.147 e. The van der Waals surface area contributed by atoms with Gasteiger partial charge in [-0.25, -0.2) is 0 Å². The van der Waals surface area contributed by atoms with E-state index in [2.05, 4.69) is 0 Å². The molecule has 2 nitrogen and oxygen atoms in total. The molecule has 0 aliphatic heterocycles. The normalized spacial score (nSPS) is 10.1. The van der Waals surface area contributed by atoms with Gasteiger partial charge in [0.25, 0.3) is 0 Å². The third-order valence-corrected chi connectivity index (χ3v) is 3.32. The van der Waals surface area contributed by atoms with Crippen molar-refractivity contribution in [3.8, 4) is 11.5 Å². The fourth-order valence-electron chi connectivity index (χ4n) is 1.38. The second-order valence-corrected chi connectivity index (χ2v) is 4.77. The van der Waals surface area contributed by atoms with Crippen molar-refractivity contribution < 1.29 is 4.74 Å². The van der Waals surface area contributed by atoms with Crippen LogP contribution in [-0.2, 0) is 0 Å². The number of nitrogens with two attached hydrogens (primary N) is 1. The van der Waals surface area contributed by atoms with E-state index in [1.807, 2.05) is 0 Å². The summed E-state index contributed by atoms with van der Waals surface area (Å²) in [5, 5.41) is 0.839. The zero-order valence-corrected chi connectivity index (χ0v) is 11.5. The highest BCUT2D eigenvalue weighted by Crippen LogP contribution is 2.34. The molecule has 0 aromatic heterocycles. The highest BCUT2D eigenvalue weighted by Gasteiger charge is 2.06. The van der Waals surface area contributed by atoms with Gasteiger partial charge in [0, 0.05) is 5.56 Å². The number of ether oxygens (including phenoxy) is 1. The van der Waals surface area contributed by atoms with Gasteiger partial charge in [-0.3, -0.25) is 0 Å². The Morgan fingerprint density at radius 2 is 1.72 bits per heavy atom. The Morgan fingerprint density at radius 3 is 2.33 bits per heavy atom. The SMILES string of the molecule is NC(=S)c1ccc(Oc2cccc(Cl)c2Cl)cc1. The first kappa shape index (κ1) is 13.1. The molecular weight excluding hydrogens is 289 g/mol. The van der Waals surface area contributed by atoms with Crippen molar-refractivity contribution in [3.63, 3.8) is 0 Å². The lowest BCUT2D eigenvalue weighted by atomic mass is 10.2. The predicted octanol–water partition coefficient (Wildman–Crippen LogP) is 4.42. The second kappa shape index (κ2) is 5.57. The molecule has 18 heavy (non-hydrogen) atoms. The highest BCUT2D eigenvalue weighted by atomic mass is 35.5. The van der Waals surface area contributed by atoms with Gasteiger partial charge in [-0.1, -0.05) is 41.5 Å². The topological polar surface area (TPSA) is 35.2 Å². The third kappa shape index (κ3) is 2.93. The summed E-state index contributed by atoms with van der Waals surface area (Å²) in [6.45, 7) is 0. The fourth-order valence-corrected chi connectivity index (χ4v) is 1.84. The number of hydrogen-bond donors (Lipinski definition) is 1. The molecule has 0 amide bonds. The number of rotatable bonds is 3. The van der Waals surface area contributed by atoms with Crippen LogP contribution in [-0.4, -0.2) is 4.99 Å². The van der Waals surface area contributed by atoms with Crippen LogP contribution < -0.4 is 10.5 Å². The Bertz CT molecular complexity index is 584. The summed E-state index contributed by atoms with van der Waals surface area (Å²) < 4.78 is 5.62. The van der Waals surface area contributed by atoms with Gasteiger partial charge >= 0.3 is 0 Å². The van der Waals surface area contributed by atoms with Gasteiger partial charge in [-0.15, -0.1) is 0 Å². The van der Waals surface area contributed by atoms with Crippen LogP contribution in [0.5, 0.6) is 11.5 Å². The first-order valence-corrected chi connectivity index (χ1v) is 6.26.